The van der Waals surface area contributed by atoms with Crippen LogP contribution in [0, 0.1) is 0 Å². The summed E-state index contributed by atoms with van der Waals surface area (Å²) >= 11 is 0. The Morgan fingerprint density at radius 3 is 2.63 bits per heavy atom. The minimum Gasteiger partial charge on any atom is -0.379 e. The van der Waals surface area contributed by atoms with E-state index in [4.69, 9.17) is 4.74 Å². The van der Waals surface area contributed by atoms with E-state index in [1.54, 1.807) is 13.8 Å². The minimum atomic E-state index is -0.450. The first-order valence-electron chi connectivity index (χ1n) is 6.75. The second-order valence-electron chi connectivity index (χ2n) is 4.48. The predicted molar refractivity (Wildman–Crippen MR) is 71.9 cm³/mol. The molecule has 1 aliphatic rings. The van der Waals surface area contributed by atoms with Gasteiger partial charge >= 0.3 is 6.03 Å². The zero-order valence-electron chi connectivity index (χ0n) is 11.7. The maximum Gasteiger partial charge on any atom is 0.321 e. The number of nitrogens with zero attached hydrogens (tertiary/aromatic N) is 1. The van der Waals surface area contributed by atoms with E-state index in [2.05, 4.69) is 20.9 Å². The average molecular weight is 272 g/mol. The van der Waals surface area contributed by atoms with Gasteiger partial charge in [-0.3, -0.25) is 15.0 Å². The van der Waals surface area contributed by atoms with Crippen LogP contribution in [0.15, 0.2) is 0 Å². The Morgan fingerprint density at radius 2 is 2.00 bits per heavy atom. The zero-order chi connectivity index (χ0) is 14.1. The molecular formula is C12H24N4O3. The lowest BCUT2D eigenvalue weighted by molar-refractivity contribution is -0.121. The minimum absolute atomic E-state index is 0.312. The van der Waals surface area contributed by atoms with Gasteiger partial charge in [-0.15, -0.1) is 0 Å². The van der Waals surface area contributed by atoms with Crippen molar-refractivity contribution in [2.75, 3.05) is 45.9 Å². The summed E-state index contributed by atoms with van der Waals surface area (Å²) in [5.41, 5.74) is 0. The van der Waals surface area contributed by atoms with Crippen molar-refractivity contribution in [1.82, 2.24) is 20.9 Å². The highest BCUT2D eigenvalue weighted by molar-refractivity contribution is 5.96. The molecule has 110 valence electrons. The third-order valence-corrected chi connectivity index (χ3v) is 2.95. The monoisotopic (exact) mass is 272 g/mol. The van der Waals surface area contributed by atoms with Gasteiger partial charge in [-0.2, -0.15) is 0 Å². The predicted octanol–water partition coefficient (Wildman–Crippen LogP) is -0.858. The van der Waals surface area contributed by atoms with Crippen LogP contribution in [0.1, 0.15) is 13.8 Å². The van der Waals surface area contributed by atoms with E-state index in [9.17, 15) is 9.59 Å². The van der Waals surface area contributed by atoms with Crippen molar-refractivity contribution in [3.63, 3.8) is 0 Å². The normalized spacial score (nSPS) is 17.8. The Labute approximate surface area is 114 Å². The number of ether oxygens (including phenoxy) is 1. The lowest BCUT2D eigenvalue weighted by atomic mass is 10.3. The van der Waals surface area contributed by atoms with Crippen molar-refractivity contribution in [3.05, 3.63) is 0 Å². The van der Waals surface area contributed by atoms with Crippen LogP contribution in [0.3, 0.4) is 0 Å². The number of imide groups is 1. The Bertz CT molecular complexity index is 293. The SMILES string of the molecule is CCNC(=O)NC(=O)C(C)NCCN1CCOCC1. The van der Waals surface area contributed by atoms with Crippen LogP contribution in [0.5, 0.6) is 0 Å². The molecule has 0 aromatic heterocycles. The zero-order valence-corrected chi connectivity index (χ0v) is 11.7. The fourth-order valence-corrected chi connectivity index (χ4v) is 1.78. The van der Waals surface area contributed by atoms with Gasteiger partial charge in [-0.05, 0) is 13.8 Å². The Hall–Kier alpha value is -1.18. The number of hydrogen-bond acceptors (Lipinski definition) is 5. The van der Waals surface area contributed by atoms with Crippen LogP contribution in [0.4, 0.5) is 4.79 Å². The second-order valence-corrected chi connectivity index (χ2v) is 4.48. The summed E-state index contributed by atoms with van der Waals surface area (Å²) in [5.74, 6) is -0.312. The first-order chi connectivity index (χ1) is 9.13. The maximum absolute atomic E-state index is 11.6. The topological polar surface area (TPSA) is 82.7 Å². The average Bonchev–Trinajstić information content (AvgIpc) is 2.40. The van der Waals surface area contributed by atoms with Crippen molar-refractivity contribution < 1.29 is 14.3 Å². The molecule has 0 saturated carbocycles. The molecule has 1 heterocycles. The molecule has 1 unspecified atom stereocenters. The fraction of sp³-hybridized carbons (Fsp3) is 0.833. The third-order valence-electron chi connectivity index (χ3n) is 2.95. The van der Waals surface area contributed by atoms with Crippen LogP contribution in [-0.2, 0) is 9.53 Å². The highest BCUT2D eigenvalue weighted by Crippen LogP contribution is 1.95. The molecule has 1 fully saturated rings. The molecule has 3 N–H and O–H groups in total. The molecular weight excluding hydrogens is 248 g/mol. The van der Waals surface area contributed by atoms with Crippen LogP contribution < -0.4 is 16.0 Å². The maximum atomic E-state index is 11.6. The highest BCUT2D eigenvalue weighted by atomic mass is 16.5. The summed E-state index contributed by atoms with van der Waals surface area (Å²) < 4.78 is 5.26. The van der Waals surface area contributed by atoms with Gasteiger partial charge in [-0.25, -0.2) is 4.79 Å². The van der Waals surface area contributed by atoms with Crippen molar-refractivity contribution in [1.29, 1.82) is 0 Å². The number of carbonyl (C=O) groups excluding carboxylic acids is 2. The van der Waals surface area contributed by atoms with Crippen LogP contribution in [0.25, 0.3) is 0 Å². The smallest absolute Gasteiger partial charge is 0.321 e. The van der Waals surface area contributed by atoms with Crippen molar-refractivity contribution in [2.24, 2.45) is 0 Å². The number of urea groups is 1. The first kappa shape index (κ1) is 15.9. The number of rotatable bonds is 6. The number of amides is 3. The first-order valence-corrected chi connectivity index (χ1v) is 6.75. The van der Waals surface area contributed by atoms with E-state index in [1.807, 2.05) is 0 Å². The van der Waals surface area contributed by atoms with Gasteiger partial charge in [0, 0.05) is 32.7 Å². The van der Waals surface area contributed by atoms with E-state index in [0.29, 0.717) is 13.1 Å². The summed E-state index contributed by atoms with van der Waals surface area (Å²) in [6, 6.07) is -0.835. The summed E-state index contributed by atoms with van der Waals surface area (Å²) in [7, 11) is 0. The van der Waals surface area contributed by atoms with E-state index >= 15 is 0 Å². The summed E-state index contributed by atoms with van der Waals surface area (Å²) in [6.45, 7) is 9.04. The van der Waals surface area contributed by atoms with Gasteiger partial charge in [0.05, 0.1) is 19.3 Å². The Balaban J connectivity index is 2.13. The van der Waals surface area contributed by atoms with E-state index < -0.39 is 6.03 Å². The number of morpholine rings is 1. The molecule has 0 spiro atoms. The largest absolute Gasteiger partial charge is 0.379 e. The molecule has 7 nitrogen and oxygen atoms in total. The van der Waals surface area contributed by atoms with Gasteiger partial charge in [0.25, 0.3) is 0 Å². The van der Waals surface area contributed by atoms with Gasteiger partial charge < -0.3 is 15.4 Å². The van der Waals surface area contributed by atoms with E-state index in [-0.39, 0.29) is 11.9 Å². The van der Waals surface area contributed by atoms with Gasteiger partial charge in [0.2, 0.25) is 5.91 Å². The molecule has 1 rings (SSSR count). The molecule has 0 aliphatic carbocycles. The molecule has 1 aliphatic heterocycles. The Morgan fingerprint density at radius 1 is 1.32 bits per heavy atom. The molecule has 1 atom stereocenters. The lowest BCUT2D eigenvalue weighted by Crippen LogP contribution is -2.49. The van der Waals surface area contributed by atoms with Crippen molar-refractivity contribution in [3.8, 4) is 0 Å². The number of carbonyl (C=O) groups is 2. The molecule has 0 radical (unpaired) electrons. The van der Waals surface area contributed by atoms with Gasteiger partial charge in [-0.1, -0.05) is 0 Å². The molecule has 3 amide bonds. The summed E-state index contributed by atoms with van der Waals surface area (Å²) in [4.78, 5) is 25.1. The van der Waals surface area contributed by atoms with Gasteiger partial charge in [0.1, 0.15) is 0 Å². The molecule has 7 heteroatoms. The Kier molecular flexibility index (Phi) is 7.39. The standard InChI is InChI=1S/C12H24N4O3/c1-3-13-12(18)15-11(17)10(2)14-4-5-16-6-8-19-9-7-16/h10,14H,3-9H2,1-2H3,(H2,13,15,17,18). The third kappa shape index (κ3) is 6.51. The molecule has 1 saturated heterocycles. The highest BCUT2D eigenvalue weighted by Gasteiger charge is 2.15. The second kappa shape index (κ2) is 8.84. The van der Waals surface area contributed by atoms with E-state index in [1.165, 1.54) is 0 Å². The summed E-state index contributed by atoms with van der Waals surface area (Å²) in [5, 5.41) is 7.90. The number of nitrogens with one attached hydrogen (secondary N) is 3. The molecule has 0 aromatic rings. The summed E-state index contributed by atoms with van der Waals surface area (Å²) in [6.07, 6.45) is 0. The molecule has 0 bridgehead atoms. The van der Waals surface area contributed by atoms with Gasteiger partial charge in [0.15, 0.2) is 0 Å². The van der Waals surface area contributed by atoms with Crippen LogP contribution >= 0.6 is 0 Å². The van der Waals surface area contributed by atoms with Crippen LogP contribution in [0.2, 0.25) is 0 Å². The van der Waals surface area contributed by atoms with Crippen molar-refractivity contribution in [2.45, 2.75) is 19.9 Å². The van der Waals surface area contributed by atoms with E-state index in [0.717, 1.165) is 32.8 Å². The molecule has 0 aromatic carbocycles. The molecule has 19 heavy (non-hydrogen) atoms. The fourth-order valence-electron chi connectivity index (χ4n) is 1.78. The quantitative estimate of drug-likeness (QED) is 0.586. The number of hydrogen-bond donors (Lipinski definition) is 3. The lowest BCUT2D eigenvalue weighted by Gasteiger charge is -2.27. The van der Waals surface area contributed by atoms with Crippen LogP contribution in [-0.4, -0.2) is 68.8 Å². The van der Waals surface area contributed by atoms with Crippen molar-refractivity contribution >= 4 is 11.9 Å².